The largest absolute Gasteiger partial charge is 0.341 e. The number of hydrogen-bond acceptors (Lipinski definition) is 2. The molecule has 0 spiro atoms. The van der Waals surface area contributed by atoms with Gasteiger partial charge in [-0.3, -0.25) is 9.89 Å². The number of aromatic amines is 1. The highest BCUT2D eigenvalue weighted by Gasteiger charge is 2.10. The van der Waals surface area contributed by atoms with Gasteiger partial charge in [0.1, 0.15) is 0 Å². The molecule has 0 radical (unpaired) electrons. The Morgan fingerprint density at radius 2 is 1.90 bits per heavy atom. The van der Waals surface area contributed by atoms with E-state index in [2.05, 4.69) is 41.4 Å². The molecule has 0 aliphatic rings. The minimum atomic E-state index is 0.123. The lowest BCUT2D eigenvalue weighted by Crippen LogP contribution is -2.27. The summed E-state index contributed by atoms with van der Waals surface area (Å²) >= 11 is 0. The van der Waals surface area contributed by atoms with Crippen LogP contribution in [0.5, 0.6) is 0 Å². The van der Waals surface area contributed by atoms with Gasteiger partial charge in [-0.2, -0.15) is 5.10 Å². The van der Waals surface area contributed by atoms with Gasteiger partial charge in [0.05, 0.1) is 12.6 Å². The van der Waals surface area contributed by atoms with Crippen LogP contribution in [-0.2, 0) is 24.2 Å². The monoisotopic (exact) mass is 285 g/mol. The molecule has 0 bridgehead atoms. The van der Waals surface area contributed by atoms with Gasteiger partial charge in [0.2, 0.25) is 5.91 Å². The van der Waals surface area contributed by atoms with Crippen LogP contribution in [0.4, 0.5) is 0 Å². The number of H-pyrrole nitrogens is 1. The number of hydrogen-bond donors (Lipinski definition) is 1. The lowest BCUT2D eigenvalue weighted by molar-refractivity contribution is -0.129. The summed E-state index contributed by atoms with van der Waals surface area (Å²) in [5.41, 5.74) is 3.43. The Bertz CT molecular complexity index is 546. The van der Waals surface area contributed by atoms with Gasteiger partial charge in [0.15, 0.2) is 0 Å². The topological polar surface area (TPSA) is 49.0 Å². The van der Waals surface area contributed by atoms with Gasteiger partial charge in [-0.05, 0) is 24.0 Å². The Balaban J connectivity index is 1.86. The number of carbonyl (C=O) groups is 1. The molecule has 0 saturated heterocycles. The predicted octanol–water partition coefficient (Wildman–Crippen LogP) is 2.95. The van der Waals surface area contributed by atoms with E-state index in [1.165, 1.54) is 18.4 Å². The first-order chi connectivity index (χ1) is 10.2. The number of carbonyl (C=O) groups excluding carboxylic acids is 1. The first-order valence-electron chi connectivity index (χ1n) is 7.48. The smallest absolute Gasteiger partial charge is 0.227 e. The van der Waals surface area contributed by atoms with Gasteiger partial charge >= 0.3 is 0 Å². The minimum Gasteiger partial charge on any atom is -0.341 e. The van der Waals surface area contributed by atoms with E-state index < -0.39 is 0 Å². The minimum absolute atomic E-state index is 0.123. The highest BCUT2D eigenvalue weighted by Crippen LogP contribution is 2.10. The van der Waals surface area contributed by atoms with Crippen LogP contribution in [0.15, 0.2) is 36.7 Å². The third kappa shape index (κ3) is 4.74. The maximum Gasteiger partial charge on any atom is 0.227 e. The molecule has 4 heteroatoms. The molecule has 21 heavy (non-hydrogen) atoms. The molecule has 0 fully saturated rings. The van der Waals surface area contributed by atoms with Crippen LogP contribution in [0, 0.1) is 0 Å². The molecule has 4 nitrogen and oxygen atoms in total. The van der Waals surface area contributed by atoms with Crippen molar-refractivity contribution in [3.05, 3.63) is 53.3 Å². The number of unbranched alkanes of at least 4 members (excludes halogenated alkanes) is 1. The van der Waals surface area contributed by atoms with Gasteiger partial charge in [0, 0.05) is 25.4 Å². The molecular formula is C17H23N3O. The van der Waals surface area contributed by atoms with E-state index in [0.717, 1.165) is 17.5 Å². The van der Waals surface area contributed by atoms with Gasteiger partial charge in [-0.15, -0.1) is 0 Å². The summed E-state index contributed by atoms with van der Waals surface area (Å²) in [5, 5.41) is 6.65. The van der Waals surface area contributed by atoms with Crippen LogP contribution in [0.3, 0.4) is 0 Å². The van der Waals surface area contributed by atoms with E-state index in [1.54, 1.807) is 11.1 Å². The van der Waals surface area contributed by atoms with E-state index in [-0.39, 0.29) is 5.91 Å². The Kier molecular flexibility index (Phi) is 5.55. The van der Waals surface area contributed by atoms with E-state index in [0.29, 0.717) is 13.0 Å². The van der Waals surface area contributed by atoms with Gasteiger partial charge in [-0.25, -0.2) is 0 Å². The van der Waals surface area contributed by atoms with Crippen molar-refractivity contribution in [1.82, 2.24) is 15.1 Å². The quantitative estimate of drug-likeness (QED) is 0.850. The van der Waals surface area contributed by atoms with Crippen molar-refractivity contribution >= 4 is 5.91 Å². The van der Waals surface area contributed by atoms with Crippen molar-refractivity contribution in [3.8, 4) is 0 Å². The summed E-state index contributed by atoms with van der Waals surface area (Å²) in [4.78, 5) is 13.9. The summed E-state index contributed by atoms with van der Waals surface area (Å²) in [6, 6.07) is 8.39. The van der Waals surface area contributed by atoms with Crippen molar-refractivity contribution in [2.24, 2.45) is 0 Å². The fourth-order valence-electron chi connectivity index (χ4n) is 2.24. The predicted molar refractivity (Wildman–Crippen MR) is 83.8 cm³/mol. The number of benzene rings is 1. The fourth-order valence-corrected chi connectivity index (χ4v) is 2.24. The zero-order chi connectivity index (χ0) is 15.1. The SMILES string of the molecule is CCCCc1ccc(CC(=O)N(C)Cc2cn[nH]c2)cc1. The molecule has 0 aliphatic heterocycles. The normalized spacial score (nSPS) is 10.6. The average molecular weight is 285 g/mol. The lowest BCUT2D eigenvalue weighted by atomic mass is 10.0. The summed E-state index contributed by atoms with van der Waals surface area (Å²) in [7, 11) is 1.82. The molecule has 0 atom stereocenters. The third-order valence-electron chi connectivity index (χ3n) is 3.60. The summed E-state index contributed by atoms with van der Waals surface area (Å²) in [6.07, 6.45) is 7.54. The van der Waals surface area contributed by atoms with Gasteiger partial charge in [0.25, 0.3) is 0 Å². The molecule has 1 heterocycles. The van der Waals surface area contributed by atoms with E-state index >= 15 is 0 Å². The molecule has 0 unspecified atom stereocenters. The van der Waals surface area contributed by atoms with Crippen molar-refractivity contribution in [2.45, 2.75) is 39.2 Å². The third-order valence-corrected chi connectivity index (χ3v) is 3.60. The van der Waals surface area contributed by atoms with Crippen LogP contribution in [0.1, 0.15) is 36.5 Å². The van der Waals surface area contributed by atoms with Crippen LogP contribution >= 0.6 is 0 Å². The van der Waals surface area contributed by atoms with Crippen molar-refractivity contribution < 1.29 is 4.79 Å². The summed E-state index contributed by atoms with van der Waals surface area (Å²) < 4.78 is 0. The highest BCUT2D eigenvalue weighted by molar-refractivity contribution is 5.78. The first kappa shape index (κ1) is 15.3. The second-order valence-electron chi connectivity index (χ2n) is 5.45. The molecule has 1 aromatic carbocycles. The van der Waals surface area contributed by atoms with Crippen molar-refractivity contribution in [1.29, 1.82) is 0 Å². The Morgan fingerprint density at radius 3 is 2.52 bits per heavy atom. The fraction of sp³-hybridized carbons (Fsp3) is 0.412. The number of amides is 1. The van der Waals surface area contributed by atoms with Crippen LogP contribution < -0.4 is 0 Å². The molecule has 1 amide bonds. The molecule has 1 N–H and O–H groups in total. The first-order valence-corrected chi connectivity index (χ1v) is 7.48. The summed E-state index contributed by atoms with van der Waals surface area (Å²) in [5.74, 6) is 0.123. The van der Waals surface area contributed by atoms with E-state index in [4.69, 9.17) is 0 Å². The van der Waals surface area contributed by atoms with Crippen LogP contribution in [-0.4, -0.2) is 28.1 Å². The standard InChI is InChI=1S/C17H23N3O/c1-3-4-5-14-6-8-15(9-7-14)10-17(21)20(2)13-16-11-18-19-12-16/h6-9,11-12H,3-5,10,13H2,1-2H3,(H,18,19). The van der Waals surface area contributed by atoms with E-state index in [9.17, 15) is 4.79 Å². The number of nitrogens with zero attached hydrogens (tertiary/aromatic N) is 2. The van der Waals surface area contributed by atoms with Gasteiger partial charge in [-0.1, -0.05) is 37.6 Å². The number of aryl methyl sites for hydroxylation is 1. The maximum atomic E-state index is 12.2. The number of likely N-dealkylation sites (N-methyl/N-ethyl adjacent to an activating group) is 1. The van der Waals surface area contributed by atoms with Crippen molar-refractivity contribution in [3.63, 3.8) is 0 Å². The second-order valence-corrected chi connectivity index (χ2v) is 5.45. The number of nitrogens with one attached hydrogen (secondary N) is 1. The molecule has 2 aromatic rings. The van der Waals surface area contributed by atoms with Gasteiger partial charge < -0.3 is 4.90 Å². The highest BCUT2D eigenvalue weighted by atomic mass is 16.2. The summed E-state index contributed by atoms with van der Waals surface area (Å²) in [6.45, 7) is 2.78. The Morgan fingerprint density at radius 1 is 1.19 bits per heavy atom. The Labute approximate surface area is 126 Å². The number of rotatable bonds is 7. The molecular weight excluding hydrogens is 262 g/mol. The number of aromatic nitrogens is 2. The zero-order valence-electron chi connectivity index (χ0n) is 12.8. The lowest BCUT2D eigenvalue weighted by Gasteiger charge is -2.16. The molecule has 112 valence electrons. The molecule has 1 aromatic heterocycles. The second kappa shape index (κ2) is 7.62. The average Bonchev–Trinajstić information content (AvgIpc) is 2.99. The molecule has 0 aliphatic carbocycles. The zero-order valence-corrected chi connectivity index (χ0v) is 12.8. The Hall–Kier alpha value is -2.10. The maximum absolute atomic E-state index is 12.2. The van der Waals surface area contributed by atoms with Crippen molar-refractivity contribution in [2.75, 3.05) is 7.05 Å². The van der Waals surface area contributed by atoms with Crippen LogP contribution in [0.2, 0.25) is 0 Å². The molecule has 2 rings (SSSR count). The van der Waals surface area contributed by atoms with Crippen LogP contribution in [0.25, 0.3) is 0 Å². The van der Waals surface area contributed by atoms with E-state index in [1.807, 2.05) is 13.2 Å². The molecule has 0 saturated carbocycles.